The highest BCUT2D eigenvalue weighted by atomic mass is 15.2. The molecule has 364 valence electrons. The Bertz CT molecular complexity index is 4870. The van der Waals surface area contributed by atoms with Gasteiger partial charge in [0.05, 0.1) is 16.7 Å². The predicted octanol–water partition coefficient (Wildman–Crippen LogP) is 18.2. The van der Waals surface area contributed by atoms with E-state index in [0.29, 0.717) is 0 Å². The van der Waals surface area contributed by atoms with Gasteiger partial charge in [-0.05, 0) is 151 Å². The molecule has 2 aliphatic heterocycles. The third-order valence-corrected chi connectivity index (χ3v) is 17.6. The quantitative estimate of drug-likeness (QED) is 0.127. The van der Waals surface area contributed by atoms with E-state index in [9.17, 15) is 0 Å². The second kappa shape index (κ2) is 15.8. The summed E-state index contributed by atoms with van der Waals surface area (Å²) in [4.78, 5) is 2.66. The Labute approximate surface area is 449 Å². The zero-order chi connectivity index (χ0) is 51.6. The van der Waals surface area contributed by atoms with E-state index in [1.54, 1.807) is 0 Å². The van der Waals surface area contributed by atoms with Crippen LogP contribution in [0.3, 0.4) is 0 Å². The van der Waals surface area contributed by atoms with Crippen LogP contribution in [0.25, 0.3) is 114 Å². The van der Waals surface area contributed by atoms with Gasteiger partial charge in [0.1, 0.15) is 0 Å². The van der Waals surface area contributed by atoms with E-state index >= 15 is 0 Å². The molecule has 0 aliphatic carbocycles. The van der Waals surface area contributed by atoms with Gasteiger partial charge in [0, 0.05) is 38.6 Å². The lowest BCUT2D eigenvalue weighted by Crippen LogP contribution is -2.60. The summed E-state index contributed by atoms with van der Waals surface area (Å²) in [6, 6.07) is 85.9. The average molecular weight is 983 g/mol. The zero-order valence-electron chi connectivity index (χ0n) is 44.3. The maximum atomic E-state index is 2.70. The highest BCUT2D eigenvalue weighted by Gasteiger charge is 2.45. The largest absolute Gasteiger partial charge is 0.311 e. The fraction of sp³-hybridized carbons (Fsp3) is 0.108. The van der Waals surface area contributed by atoms with Crippen molar-refractivity contribution in [1.82, 2.24) is 4.57 Å². The topological polar surface area (TPSA) is 8.17 Å². The van der Waals surface area contributed by atoms with Gasteiger partial charge in [0.15, 0.2) is 0 Å². The molecular weight excluding hydrogens is 928 g/mol. The van der Waals surface area contributed by atoms with Crippen molar-refractivity contribution in [2.45, 2.75) is 52.4 Å². The van der Waals surface area contributed by atoms with Gasteiger partial charge in [-0.1, -0.05) is 230 Å². The lowest BCUT2D eigenvalue weighted by molar-refractivity contribution is 0.590. The Morgan fingerprint density at radius 2 is 0.844 bits per heavy atom. The van der Waals surface area contributed by atoms with E-state index in [2.05, 4.69) is 275 Å². The van der Waals surface area contributed by atoms with Gasteiger partial charge in [-0.25, -0.2) is 0 Å². The van der Waals surface area contributed by atoms with Crippen LogP contribution in [0.4, 0.5) is 17.1 Å². The summed E-state index contributed by atoms with van der Waals surface area (Å²) < 4.78 is 2.70. The Hall–Kier alpha value is -8.92. The molecule has 2 nitrogen and oxygen atoms in total. The molecule has 3 heteroatoms. The molecule has 0 saturated heterocycles. The van der Waals surface area contributed by atoms with Crippen LogP contribution in [0.2, 0.25) is 0 Å². The molecular formula is C74H55BN2. The van der Waals surface area contributed by atoms with E-state index in [4.69, 9.17) is 0 Å². The monoisotopic (exact) mass is 982 g/mol. The minimum atomic E-state index is -0.0933. The van der Waals surface area contributed by atoms with Crippen LogP contribution < -0.4 is 21.3 Å². The zero-order valence-corrected chi connectivity index (χ0v) is 44.3. The van der Waals surface area contributed by atoms with Crippen LogP contribution in [0.15, 0.2) is 224 Å². The van der Waals surface area contributed by atoms with Crippen LogP contribution in [-0.2, 0) is 10.8 Å². The maximum Gasteiger partial charge on any atom is 0.252 e. The number of aromatic nitrogens is 1. The second-order valence-electron chi connectivity index (χ2n) is 23.9. The molecule has 0 radical (unpaired) electrons. The minimum absolute atomic E-state index is 0.00505. The van der Waals surface area contributed by atoms with Gasteiger partial charge in [0.2, 0.25) is 0 Å². The number of fused-ring (bicyclic) bond motifs is 21. The first-order chi connectivity index (χ1) is 37.5. The Kier molecular flexibility index (Phi) is 9.12. The van der Waals surface area contributed by atoms with Crippen molar-refractivity contribution in [2.24, 2.45) is 0 Å². The van der Waals surface area contributed by atoms with Gasteiger partial charge in [-0.15, -0.1) is 0 Å². The molecule has 0 saturated carbocycles. The molecule has 0 bridgehead atoms. The van der Waals surface area contributed by atoms with Crippen LogP contribution in [-0.4, -0.2) is 11.3 Å². The van der Waals surface area contributed by atoms with Crippen LogP contribution in [0.1, 0.15) is 52.7 Å². The maximum absolute atomic E-state index is 2.70. The summed E-state index contributed by atoms with van der Waals surface area (Å²) in [5, 5.41) is 18.0. The van der Waals surface area contributed by atoms with Gasteiger partial charge >= 0.3 is 0 Å². The molecule has 0 N–H and O–H groups in total. The van der Waals surface area contributed by atoms with Crippen molar-refractivity contribution in [2.75, 3.05) is 4.90 Å². The molecule has 1 aromatic heterocycles. The van der Waals surface area contributed by atoms with Crippen molar-refractivity contribution >= 4 is 127 Å². The van der Waals surface area contributed by atoms with Crippen molar-refractivity contribution in [3.8, 4) is 27.9 Å². The fourth-order valence-electron chi connectivity index (χ4n) is 14.1. The number of nitrogens with zero attached hydrogens (tertiary/aromatic N) is 2. The molecule has 0 amide bonds. The second-order valence-corrected chi connectivity index (χ2v) is 23.9. The summed E-state index contributed by atoms with van der Waals surface area (Å²) in [5.41, 5.74) is 18.9. The number of hydrogen-bond donors (Lipinski definition) is 0. The summed E-state index contributed by atoms with van der Waals surface area (Å²) in [5.74, 6) is 0. The highest BCUT2D eigenvalue weighted by Crippen LogP contribution is 2.51. The van der Waals surface area contributed by atoms with E-state index in [1.807, 2.05) is 0 Å². The first-order valence-electron chi connectivity index (χ1n) is 27.5. The third-order valence-electron chi connectivity index (χ3n) is 17.6. The first-order valence-corrected chi connectivity index (χ1v) is 27.5. The van der Waals surface area contributed by atoms with Crippen molar-refractivity contribution in [3.63, 3.8) is 0 Å². The summed E-state index contributed by atoms with van der Waals surface area (Å²) in [6.07, 6.45) is 0. The summed E-state index contributed by atoms with van der Waals surface area (Å²) in [7, 11) is 0. The fourth-order valence-corrected chi connectivity index (χ4v) is 14.1. The van der Waals surface area contributed by atoms with Gasteiger partial charge in [-0.2, -0.15) is 0 Å². The average Bonchev–Trinajstić information content (AvgIpc) is 4.09. The number of anilines is 3. The molecule has 0 unspecified atom stereocenters. The van der Waals surface area contributed by atoms with E-state index in [1.165, 1.54) is 159 Å². The number of rotatable bonds is 3. The van der Waals surface area contributed by atoms with Gasteiger partial charge in [-0.3, -0.25) is 0 Å². The molecule has 3 heterocycles. The SMILES string of the molecule is CC(C)(C)c1ccc(N2c3ccc(C(C)(C)C)cc3B3c4c(cc5c6ccccc6c6ccccc6c5c42)-n2c4ccc(-c5ccccc5-c5ccccc5)cc4c4c5c6ccccc6c6ccccc6c5cc3c42)cc1. The Morgan fingerprint density at radius 1 is 0.338 bits per heavy atom. The van der Waals surface area contributed by atoms with E-state index < -0.39 is 0 Å². The molecule has 0 fully saturated rings. The normalized spacial score (nSPS) is 13.3. The summed E-state index contributed by atoms with van der Waals surface area (Å²) >= 11 is 0. The van der Waals surface area contributed by atoms with E-state index in [-0.39, 0.29) is 17.5 Å². The van der Waals surface area contributed by atoms with Gasteiger partial charge in [0.25, 0.3) is 6.71 Å². The Morgan fingerprint density at radius 3 is 1.45 bits per heavy atom. The predicted molar refractivity (Wildman–Crippen MR) is 333 cm³/mol. The van der Waals surface area contributed by atoms with Crippen molar-refractivity contribution in [3.05, 3.63) is 236 Å². The van der Waals surface area contributed by atoms with Crippen molar-refractivity contribution < 1.29 is 0 Å². The molecule has 77 heavy (non-hydrogen) atoms. The Balaban J connectivity index is 1.15. The molecule has 14 aromatic rings. The van der Waals surface area contributed by atoms with E-state index in [0.717, 1.165) is 0 Å². The molecule has 0 atom stereocenters. The van der Waals surface area contributed by atoms with Crippen LogP contribution >= 0.6 is 0 Å². The lowest BCUT2D eigenvalue weighted by Gasteiger charge is -2.42. The van der Waals surface area contributed by atoms with Gasteiger partial charge < -0.3 is 9.47 Å². The highest BCUT2D eigenvalue weighted by molar-refractivity contribution is 7.01. The lowest BCUT2D eigenvalue weighted by atomic mass is 9.33. The number of benzene rings is 13. The third kappa shape index (κ3) is 6.20. The summed E-state index contributed by atoms with van der Waals surface area (Å²) in [6.45, 7) is 13.9. The molecule has 2 aliphatic rings. The smallest absolute Gasteiger partial charge is 0.252 e. The van der Waals surface area contributed by atoms with Crippen LogP contribution in [0, 0.1) is 0 Å². The molecule has 16 rings (SSSR count). The molecule has 13 aromatic carbocycles. The minimum Gasteiger partial charge on any atom is -0.311 e. The molecule has 0 spiro atoms. The standard InChI is InChI=1S/C74H55BN2/c1-73(2,3)46-33-36-48(37-34-46)76-65-39-35-47(74(4,5)6)41-62(65)75-63-42-59-55-28-14-12-24-51(55)53-26-16-18-30-57(53)67(59)69-61-40-45(50-23-11-10-22-49(50)44-20-8-7-9-21-44)32-38-64(61)77(71(63)69)66-43-60-56-29-15-13-25-52(56)54-27-17-19-31-58(54)68(60)72(76)70(66)75/h7-43H,1-6H3. The number of hydrogen-bond acceptors (Lipinski definition) is 1. The van der Waals surface area contributed by atoms with Crippen LogP contribution in [0.5, 0.6) is 0 Å². The first kappa shape index (κ1) is 44.4. The van der Waals surface area contributed by atoms with Crippen molar-refractivity contribution in [1.29, 1.82) is 0 Å².